The van der Waals surface area contributed by atoms with Crippen LogP contribution in [0.2, 0.25) is 4.34 Å². The highest BCUT2D eigenvalue weighted by Crippen LogP contribution is 2.23. The second-order valence-electron chi connectivity index (χ2n) is 4.54. The number of hydrogen-bond donors (Lipinski definition) is 0. The highest BCUT2D eigenvalue weighted by Gasteiger charge is 2.21. The number of carbonyl (C=O) groups excluding carboxylic acids is 1. The van der Waals surface area contributed by atoms with E-state index in [-0.39, 0.29) is 11.8 Å². The van der Waals surface area contributed by atoms with E-state index in [2.05, 4.69) is 12.1 Å². The molecule has 19 heavy (non-hydrogen) atoms. The van der Waals surface area contributed by atoms with Gasteiger partial charge in [0.25, 0.3) is 0 Å². The first-order chi connectivity index (χ1) is 9.08. The quantitative estimate of drug-likeness (QED) is 0.774. The van der Waals surface area contributed by atoms with E-state index >= 15 is 0 Å². The fourth-order valence-corrected chi connectivity index (χ4v) is 2.93. The Balaban J connectivity index is 2.03. The van der Waals surface area contributed by atoms with Crippen molar-refractivity contribution in [1.29, 1.82) is 0 Å². The van der Waals surface area contributed by atoms with Crippen molar-refractivity contribution >= 4 is 28.7 Å². The van der Waals surface area contributed by atoms with Gasteiger partial charge >= 0.3 is 0 Å². The number of Topliss-reactive ketones (excluding diaryl/α,β-unsaturated/α-hetero) is 1. The summed E-state index contributed by atoms with van der Waals surface area (Å²) >= 11 is 7.21. The molecule has 4 heteroatoms. The van der Waals surface area contributed by atoms with Crippen molar-refractivity contribution in [1.82, 2.24) is 4.90 Å². The zero-order valence-corrected chi connectivity index (χ0v) is 12.5. The maximum Gasteiger partial charge on any atom is 0.189 e. The molecular formula is C15H16ClNOS. The number of halogens is 1. The van der Waals surface area contributed by atoms with E-state index in [1.54, 1.807) is 12.1 Å². The number of rotatable bonds is 5. The van der Waals surface area contributed by atoms with Crippen LogP contribution in [0.4, 0.5) is 0 Å². The summed E-state index contributed by atoms with van der Waals surface area (Å²) < 4.78 is 0.654. The highest BCUT2D eigenvalue weighted by molar-refractivity contribution is 7.18. The maximum absolute atomic E-state index is 12.3. The molecule has 1 heterocycles. The van der Waals surface area contributed by atoms with Crippen LogP contribution < -0.4 is 0 Å². The van der Waals surface area contributed by atoms with Crippen molar-refractivity contribution in [3.8, 4) is 0 Å². The molecule has 2 aromatic rings. The molecule has 0 spiro atoms. The van der Waals surface area contributed by atoms with Gasteiger partial charge in [0, 0.05) is 6.54 Å². The molecule has 2 rings (SSSR count). The molecule has 1 atom stereocenters. The summed E-state index contributed by atoms with van der Waals surface area (Å²) in [6, 6.07) is 13.5. The summed E-state index contributed by atoms with van der Waals surface area (Å²) in [6.07, 6.45) is 0. The number of nitrogens with zero attached hydrogens (tertiary/aromatic N) is 1. The Morgan fingerprint density at radius 3 is 2.53 bits per heavy atom. The van der Waals surface area contributed by atoms with E-state index in [0.29, 0.717) is 4.34 Å². The molecule has 0 radical (unpaired) electrons. The summed E-state index contributed by atoms with van der Waals surface area (Å²) in [6.45, 7) is 2.69. The Labute approximate surface area is 122 Å². The minimum absolute atomic E-state index is 0.121. The minimum Gasteiger partial charge on any atom is -0.292 e. The van der Waals surface area contributed by atoms with E-state index in [0.717, 1.165) is 11.4 Å². The molecule has 0 N–H and O–H groups in total. The SMILES string of the molecule is CC(C(=O)c1ccc(Cl)s1)N(C)Cc1ccccc1. The number of ketones is 1. The van der Waals surface area contributed by atoms with Crippen molar-refractivity contribution in [3.05, 3.63) is 57.2 Å². The van der Waals surface area contributed by atoms with Gasteiger partial charge in [-0.2, -0.15) is 0 Å². The monoisotopic (exact) mass is 293 g/mol. The molecule has 0 saturated carbocycles. The first-order valence-corrected chi connectivity index (χ1v) is 7.31. The molecule has 0 bridgehead atoms. The smallest absolute Gasteiger partial charge is 0.189 e. The average molecular weight is 294 g/mol. The van der Waals surface area contributed by atoms with Crippen molar-refractivity contribution in [3.63, 3.8) is 0 Å². The van der Waals surface area contributed by atoms with Crippen LogP contribution in [0.3, 0.4) is 0 Å². The van der Waals surface area contributed by atoms with Gasteiger partial charge in [-0.3, -0.25) is 9.69 Å². The highest BCUT2D eigenvalue weighted by atomic mass is 35.5. The summed E-state index contributed by atoms with van der Waals surface area (Å²) in [7, 11) is 1.96. The largest absolute Gasteiger partial charge is 0.292 e. The van der Waals surface area contributed by atoms with Crippen molar-refractivity contribution in [2.45, 2.75) is 19.5 Å². The lowest BCUT2D eigenvalue weighted by atomic mass is 10.1. The molecule has 2 nitrogen and oxygen atoms in total. The Kier molecular flexibility index (Phi) is 4.75. The van der Waals surface area contributed by atoms with E-state index in [9.17, 15) is 4.79 Å². The predicted molar refractivity (Wildman–Crippen MR) is 81.0 cm³/mol. The molecule has 0 fully saturated rings. The first-order valence-electron chi connectivity index (χ1n) is 6.11. The molecular weight excluding hydrogens is 278 g/mol. The van der Waals surface area contributed by atoms with Crippen molar-refractivity contribution in [2.24, 2.45) is 0 Å². The predicted octanol–water partition coefficient (Wildman–Crippen LogP) is 4.10. The molecule has 1 unspecified atom stereocenters. The Morgan fingerprint density at radius 2 is 1.95 bits per heavy atom. The zero-order valence-electron chi connectivity index (χ0n) is 11.0. The minimum atomic E-state index is -0.157. The van der Waals surface area contributed by atoms with E-state index < -0.39 is 0 Å². The van der Waals surface area contributed by atoms with Crippen LogP contribution in [0.5, 0.6) is 0 Å². The molecule has 0 aliphatic heterocycles. The standard InChI is InChI=1S/C15H16ClNOS/c1-11(15(18)13-8-9-14(16)19-13)17(2)10-12-6-4-3-5-7-12/h3-9,11H,10H2,1-2H3. The fourth-order valence-electron chi connectivity index (χ4n) is 1.86. The van der Waals surface area contributed by atoms with Gasteiger partial charge in [-0.05, 0) is 31.7 Å². The van der Waals surface area contributed by atoms with Gasteiger partial charge in [-0.15, -0.1) is 11.3 Å². The van der Waals surface area contributed by atoms with E-state index in [1.165, 1.54) is 16.9 Å². The van der Waals surface area contributed by atoms with Crippen LogP contribution >= 0.6 is 22.9 Å². The van der Waals surface area contributed by atoms with Gasteiger partial charge in [-0.1, -0.05) is 41.9 Å². The summed E-state index contributed by atoms with van der Waals surface area (Å²) in [5.41, 5.74) is 1.20. The summed E-state index contributed by atoms with van der Waals surface area (Å²) in [5.74, 6) is 0.121. The van der Waals surface area contributed by atoms with Crippen molar-refractivity contribution in [2.75, 3.05) is 7.05 Å². The van der Waals surface area contributed by atoms with Gasteiger partial charge < -0.3 is 0 Å². The lowest BCUT2D eigenvalue weighted by molar-refractivity contribution is 0.0866. The van der Waals surface area contributed by atoms with Crippen LogP contribution in [-0.2, 0) is 6.54 Å². The molecule has 100 valence electrons. The Bertz CT molecular complexity index is 552. The second kappa shape index (κ2) is 6.33. The number of carbonyl (C=O) groups is 1. The summed E-state index contributed by atoms with van der Waals surface area (Å²) in [5, 5.41) is 0. The zero-order chi connectivity index (χ0) is 13.8. The lowest BCUT2D eigenvalue weighted by Gasteiger charge is -2.23. The third-order valence-electron chi connectivity index (χ3n) is 3.13. The molecule has 1 aromatic carbocycles. The second-order valence-corrected chi connectivity index (χ2v) is 6.26. The number of likely N-dealkylation sites (N-methyl/N-ethyl adjacent to an activating group) is 1. The van der Waals surface area contributed by atoms with Crippen LogP contribution in [0.1, 0.15) is 22.2 Å². The van der Waals surface area contributed by atoms with Crippen LogP contribution in [-0.4, -0.2) is 23.8 Å². The van der Waals surface area contributed by atoms with Gasteiger partial charge in [-0.25, -0.2) is 0 Å². The maximum atomic E-state index is 12.3. The Hall–Kier alpha value is -1.16. The molecule has 0 saturated heterocycles. The van der Waals surface area contributed by atoms with Gasteiger partial charge in [0.05, 0.1) is 15.3 Å². The Morgan fingerprint density at radius 1 is 1.26 bits per heavy atom. The van der Waals surface area contributed by atoms with Crippen LogP contribution in [0.15, 0.2) is 42.5 Å². The first kappa shape index (κ1) is 14.3. The summed E-state index contributed by atoms with van der Waals surface area (Å²) in [4.78, 5) is 15.1. The molecule has 0 aliphatic rings. The van der Waals surface area contributed by atoms with Gasteiger partial charge in [0.2, 0.25) is 0 Å². The lowest BCUT2D eigenvalue weighted by Crippen LogP contribution is -2.35. The average Bonchev–Trinajstić information content (AvgIpc) is 2.85. The van der Waals surface area contributed by atoms with Crippen LogP contribution in [0.25, 0.3) is 0 Å². The number of hydrogen-bond acceptors (Lipinski definition) is 3. The molecule has 1 aromatic heterocycles. The number of thiophene rings is 1. The van der Waals surface area contributed by atoms with E-state index in [4.69, 9.17) is 11.6 Å². The van der Waals surface area contributed by atoms with Crippen molar-refractivity contribution < 1.29 is 4.79 Å². The topological polar surface area (TPSA) is 20.3 Å². The third kappa shape index (κ3) is 3.66. The van der Waals surface area contributed by atoms with Gasteiger partial charge in [0.1, 0.15) is 0 Å². The number of benzene rings is 1. The molecule has 0 aliphatic carbocycles. The van der Waals surface area contributed by atoms with E-state index in [1.807, 2.05) is 37.1 Å². The van der Waals surface area contributed by atoms with Crippen LogP contribution in [0, 0.1) is 0 Å². The fraction of sp³-hybridized carbons (Fsp3) is 0.267. The molecule has 0 amide bonds. The van der Waals surface area contributed by atoms with Gasteiger partial charge in [0.15, 0.2) is 5.78 Å². The third-order valence-corrected chi connectivity index (χ3v) is 4.38. The normalized spacial score (nSPS) is 12.6.